The van der Waals surface area contributed by atoms with Crippen molar-refractivity contribution < 1.29 is 28.6 Å². The molecule has 0 bridgehead atoms. The number of unbranched alkanes of at least 4 members (excludes halogenated alkanes) is 41. The van der Waals surface area contributed by atoms with Gasteiger partial charge < -0.3 is 14.2 Å². The first kappa shape index (κ1) is 65.9. The van der Waals surface area contributed by atoms with Crippen molar-refractivity contribution in [1.82, 2.24) is 0 Å². The molecule has 0 aliphatic rings. The predicted molar refractivity (Wildman–Crippen MR) is 293 cm³/mol. The zero-order chi connectivity index (χ0) is 49.3. The van der Waals surface area contributed by atoms with Crippen molar-refractivity contribution in [3.8, 4) is 0 Å². The van der Waals surface area contributed by atoms with Crippen LogP contribution in [0.25, 0.3) is 0 Å². The van der Waals surface area contributed by atoms with E-state index in [1.54, 1.807) is 0 Å². The summed E-state index contributed by atoms with van der Waals surface area (Å²) in [6.07, 6.45) is 67.9. The summed E-state index contributed by atoms with van der Waals surface area (Å²) in [5.74, 6) is -0.874. The molecule has 400 valence electrons. The zero-order valence-electron chi connectivity index (χ0n) is 45.9. The largest absolute Gasteiger partial charge is 0.462 e. The monoisotopic (exact) mass is 957 g/mol. The van der Waals surface area contributed by atoms with Crippen molar-refractivity contribution >= 4 is 17.9 Å². The third-order valence-corrected chi connectivity index (χ3v) is 13.7. The van der Waals surface area contributed by atoms with Crippen LogP contribution in [-0.4, -0.2) is 37.2 Å². The van der Waals surface area contributed by atoms with E-state index in [4.69, 9.17) is 14.2 Å². The molecule has 0 aromatic carbocycles. The van der Waals surface area contributed by atoms with Gasteiger partial charge in [-0.1, -0.05) is 295 Å². The zero-order valence-corrected chi connectivity index (χ0v) is 45.9. The van der Waals surface area contributed by atoms with Gasteiger partial charge >= 0.3 is 17.9 Å². The second-order valence-corrected chi connectivity index (χ2v) is 20.6. The number of esters is 3. The number of carbonyl (C=O) groups is 3. The molecule has 1 atom stereocenters. The lowest BCUT2D eigenvalue weighted by Crippen LogP contribution is -2.30. The summed E-state index contributed by atoms with van der Waals surface area (Å²) in [6, 6.07) is 0. The molecule has 0 radical (unpaired) electrons. The minimum Gasteiger partial charge on any atom is -0.462 e. The molecule has 0 aliphatic heterocycles. The molecule has 0 rings (SSSR count). The Hall–Kier alpha value is -2.11. The highest BCUT2D eigenvalue weighted by molar-refractivity contribution is 5.71. The summed E-state index contributed by atoms with van der Waals surface area (Å²) in [4.78, 5) is 37.9. The van der Waals surface area contributed by atoms with E-state index in [-0.39, 0.29) is 31.1 Å². The first-order valence-electron chi connectivity index (χ1n) is 30.3. The summed E-state index contributed by atoms with van der Waals surface area (Å²) >= 11 is 0. The number of hydrogen-bond donors (Lipinski definition) is 0. The molecule has 0 amide bonds. The molecule has 0 saturated carbocycles. The first-order valence-corrected chi connectivity index (χ1v) is 30.3. The van der Waals surface area contributed by atoms with E-state index in [0.717, 1.165) is 89.9 Å². The van der Waals surface area contributed by atoms with E-state index < -0.39 is 6.10 Å². The van der Waals surface area contributed by atoms with Gasteiger partial charge in [-0.25, -0.2) is 0 Å². The van der Waals surface area contributed by atoms with Crippen LogP contribution in [0, 0.1) is 0 Å². The summed E-state index contributed by atoms with van der Waals surface area (Å²) in [5, 5.41) is 0. The Bertz CT molecular complexity index is 1100. The molecule has 0 fully saturated rings. The highest BCUT2D eigenvalue weighted by atomic mass is 16.6. The Morgan fingerprint density at radius 1 is 0.294 bits per heavy atom. The Balaban J connectivity index is 4.00. The van der Waals surface area contributed by atoms with Crippen LogP contribution in [0.2, 0.25) is 0 Å². The fourth-order valence-corrected chi connectivity index (χ4v) is 9.13. The summed E-state index contributed by atoms with van der Waals surface area (Å²) in [6.45, 7) is 6.58. The topological polar surface area (TPSA) is 78.9 Å². The van der Waals surface area contributed by atoms with Crippen LogP contribution in [0.15, 0.2) is 24.3 Å². The molecule has 68 heavy (non-hydrogen) atoms. The second-order valence-electron chi connectivity index (χ2n) is 20.6. The standard InChI is InChI=1S/C62H116O6/c1-4-7-10-13-16-19-21-23-24-25-26-27-28-29-30-31-32-33-34-35-36-37-38-40-41-43-46-49-52-55-61(64)67-58-59(57-66-60(63)54-51-48-45-18-15-12-9-6-3)68-62(65)56-53-50-47-44-42-39-22-20-17-14-11-8-5-2/h11,14,20,22,59H,4-10,12-13,15-19,21,23-58H2,1-3H3/b14-11-,22-20-. The third-order valence-electron chi connectivity index (χ3n) is 13.7. The summed E-state index contributed by atoms with van der Waals surface area (Å²) in [5.41, 5.74) is 0. The van der Waals surface area contributed by atoms with Gasteiger partial charge in [-0.05, 0) is 44.9 Å². The Morgan fingerprint density at radius 3 is 0.868 bits per heavy atom. The maximum atomic E-state index is 12.8. The van der Waals surface area contributed by atoms with Gasteiger partial charge in [0.05, 0.1) is 0 Å². The average Bonchev–Trinajstić information content (AvgIpc) is 3.34. The lowest BCUT2D eigenvalue weighted by Gasteiger charge is -2.18. The first-order chi connectivity index (χ1) is 33.5. The highest BCUT2D eigenvalue weighted by Gasteiger charge is 2.19. The van der Waals surface area contributed by atoms with E-state index in [2.05, 4.69) is 45.1 Å². The van der Waals surface area contributed by atoms with Crippen LogP contribution in [0.3, 0.4) is 0 Å². The third kappa shape index (κ3) is 54.8. The SMILES string of the molecule is CCC/C=C\C/C=C\CCCCCCCC(=O)OC(COC(=O)CCCCCCCCCC)COC(=O)CCCCCCCCCCCCCCCCCCCCCCCCCCCCCCC. The van der Waals surface area contributed by atoms with Crippen molar-refractivity contribution in [3.05, 3.63) is 24.3 Å². The van der Waals surface area contributed by atoms with Crippen molar-refractivity contribution in [1.29, 1.82) is 0 Å². The van der Waals surface area contributed by atoms with Crippen LogP contribution in [0.5, 0.6) is 0 Å². The number of carbonyl (C=O) groups excluding carboxylic acids is 3. The molecule has 1 unspecified atom stereocenters. The van der Waals surface area contributed by atoms with Crippen LogP contribution in [-0.2, 0) is 28.6 Å². The quantitative estimate of drug-likeness (QED) is 0.0262. The predicted octanol–water partition coefficient (Wildman–Crippen LogP) is 20.3. The molecule has 0 spiro atoms. The summed E-state index contributed by atoms with van der Waals surface area (Å²) < 4.78 is 16.8. The van der Waals surface area contributed by atoms with Crippen LogP contribution in [0.1, 0.15) is 335 Å². The molecule has 0 heterocycles. The van der Waals surface area contributed by atoms with Gasteiger partial charge in [-0.2, -0.15) is 0 Å². The fraction of sp³-hybridized carbons (Fsp3) is 0.887. The van der Waals surface area contributed by atoms with Gasteiger partial charge in [0, 0.05) is 19.3 Å². The molecular weight excluding hydrogens is 841 g/mol. The molecule has 0 aromatic heterocycles. The summed E-state index contributed by atoms with van der Waals surface area (Å²) in [7, 11) is 0. The number of hydrogen-bond acceptors (Lipinski definition) is 6. The minimum absolute atomic E-state index is 0.0723. The van der Waals surface area contributed by atoms with Crippen molar-refractivity contribution in [2.45, 2.75) is 341 Å². The number of ether oxygens (including phenoxy) is 3. The van der Waals surface area contributed by atoms with Crippen LogP contribution in [0.4, 0.5) is 0 Å². The molecule has 0 N–H and O–H groups in total. The molecule has 6 nitrogen and oxygen atoms in total. The maximum Gasteiger partial charge on any atom is 0.306 e. The minimum atomic E-state index is -0.772. The number of allylic oxidation sites excluding steroid dienone is 4. The van der Waals surface area contributed by atoms with E-state index in [1.807, 2.05) is 0 Å². The Kier molecular flexibility index (Phi) is 55.7. The Morgan fingerprint density at radius 2 is 0.559 bits per heavy atom. The van der Waals surface area contributed by atoms with Gasteiger partial charge in [-0.3, -0.25) is 14.4 Å². The molecule has 0 aliphatic carbocycles. The highest BCUT2D eigenvalue weighted by Crippen LogP contribution is 2.18. The van der Waals surface area contributed by atoms with Crippen LogP contribution >= 0.6 is 0 Å². The molecule has 0 aromatic rings. The van der Waals surface area contributed by atoms with Crippen molar-refractivity contribution in [3.63, 3.8) is 0 Å². The second kappa shape index (κ2) is 57.5. The molecule has 6 heteroatoms. The molecule has 0 saturated heterocycles. The average molecular weight is 958 g/mol. The lowest BCUT2D eigenvalue weighted by molar-refractivity contribution is -0.167. The van der Waals surface area contributed by atoms with Gasteiger partial charge in [0.15, 0.2) is 6.10 Å². The smallest absolute Gasteiger partial charge is 0.306 e. The van der Waals surface area contributed by atoms with E-state index in [9.17, 15) is 14.4 Å². The van der Waals surface area contributed by atoms with E-state index >= 15 is 0 Å². The van der Waals surface area contributed by atoms with Gasteiger partial charge in [0.25, 0.3) is 0 Å². The molecular formula is C62H116O6. The lowest BCUT2D eigenvalue weighted by atomic mass is 10.0. The fourth-order valence-electron chi connectivity index (χ4n) is 9.13. The van der Waals surface area contributed by atoms with Crippen molar-refractivity contribution in [2.75, 3.05) is 13.2 Å². The van der Waals surface area contributed by atoms with Gasteiger partial charge in [0.1, 0.15) is 13.2 Å². The Labute approximate surface area is 423 Å². The van der Waals surface area contributed by atoms with Gasteiger partial charge in [0.2, 0.25) is 0 Å². The van der Waals surface area contributed by atoms with Crippen molar-refractivity contribution in [2.24, 2.45) is 0 Å². The number of rotatable bonds is 56. The van der Waals surface area contributed by atoms with Gasteiger partial charge in [-0.15, -0.1) is 0 Å². The van der Waals surface area contributed by atoms with E-state index in [0.29, 0.717) is 19.3 Å². The maximum absolute atomic E-state index is 12.8. The van der Waals surface area contributed by atoms with E-state index in [1.165, 1.54) is 205 Å². The van der Waals surface area contributed by atoms with Crippen LogP contribution < -0.4 is 0 Å². The normalized spacial score (nSPS) is 12.1.